The lowest BCUT2D eigenvalue weighted by Gasteiger charge is -2.20. The highest BCUT2D eigenvalue weighted by molar-refractivity contribution is 7.47. The molecule has 0 saturated heterocycles. The summed E-state index contributed by atoms with van der Waals surface area (Å²) in [5, 5.41) is 18.4. The Morgan fingerprint density at radius 3 is 1.16 bits per heavy atom. The van der Waals surface area contributed by atoms with Gasteiger partial charge < -0.3 is 24.6 Å². The number of carbonyl (C=O) groups is 2. The van der Waals surface area contributed by atoms with Gasteiger partial charge in [0.15, 0.2) is 6.10 Å². The molecule has 0 spiro atoms. The van der Waals surface area contributed by atoms with Crippen LogP contribution in [0.2, 0.25) is 0 Å². The van der Waals surface area contributed by atoms with Gasteiger partial charge in [-0.3, -0.25) is 18.6 Å². The van der Waals surface area contributed by atoms with E-state index in [1.807, 2.05) is 0 Å². The van der Waals surface area contributed by atoms with Crippen molar-refractivity contribution >= 4 is 19.8 Å². The summed E-state index contributed by atoms with van der Waals surface area (Å²) in [4.78, 5) is 35.2. The molecule has 0 rings (SSSR count). The monoisotopic (exact) mass is 917 g/mol. The summed E-state index contributed by atoms with van der Waals surface area (Å²) in [6.45, 7) is 2.43. The van der Waals surface area contributed by atoms with Gasteiger partial charge in [0.2, 0.25) is 0 Å². The Kier molecular flexibility index (Phi) is 47.6. The Balaban J connectivity index is 4.10. The molecule has 11 heteroatoms. The van der Waals surface area contributed by atoms with Crippen molar-refractivity contribution in [2.45, 2.75) is 283 Å². The number of hydrogen-bond acceptors (Lipinski definition) is 9. The molecule has 0 aliphatic heterocycles. The van der Waals surface area contributed by atoms with Crippen molar-refractivity contribution < 1.29 is 47.8 Å². The molecular weight excluding hydrogens is 816 g/mol. The molecule has 0 heterocycles. The van der Waals surface area contributed by atoms with E-state index in [9.17, 15) is 24.2 Å². The van der Waals surface area contributed by atoms with Crippen molar-refractivity contribution in [2.24, 2.45) is 0 Å². The highest BCUT2D eigenvalue weighted by Crippen LogP contribution is 2.43. The van der Waals surface area contributed by atoms with E-state index in [1.165, 1.54) is 193 Å². The third-order valence-corrected chi connectivity index (χ3v) is 12.9. The third-order valence-electron chi connectivity index (χ3n) is 11.9. The summed E-state index contributed by atoms with van der Waals surface area (Å²) in [5.74, 6) is -0.909. The predicted octanol–water partition coefficient (Wildman–Crippen LogP) is 15.1. The number of rotatable bonds is 51. The van der Waals surface area contributed by atoms with Gasteiger partial charge in [-0.1, -0.05) is 231 Å². The van der Waals surface area contributed by atoms with E-state index in [1.54, 1.807) is 0 Å². The van der Waals surface area contributed by atoms with Gasteiger partial charge in [-0.05, 0) is 38.5 Å². The molecule has 0 amide bonds. The largest absolute Gasteiger partial charge is 0.472 e. The van der Waals surface area contributed by atoms with Gasteiger partial charge in [-0.25, -0.2) is 4.57 Å². The summed E-state index contributed by atoms with van der Waals surface area (Å²) in [6.07, 6.45) is 50.4. The van der Waals surface area contributed by atoms with Crippen LogP contribution in [-0.2, 0) is 32.7 Å². The van der Waals surface area contributed by atoms with Crippen molar-refractivity contribution in [1.29, 1.82) is 0 Å². The molecule has 10 nitrogen and oxygen atoms in total. The zero-order valence-corrected chi connectivity index (χ0v) is 42.0. The summed E-state index contributed by atoms with van der Waals surface area (Å²) in [6, 6.07) is 0. The number of carbonyl (C=O) groups excluding carboxylic acids is 2. The molecular formula is C52H101O10P. The number of phosphoric ester groups is 1. The molecule has 63 heavy (non-hydrogen) atoms. The lowest BCUT2D eigenvalue weighted by atomic mass is 10.0. The number of unbranched alkanes of at least 4 members (excludes halogenated alkanes) is 35. The summed E-state index contributed by atoms with van der Waals surface area (Å²) < 4.78 is 32.9. The van der Waals surface area contributed by atoms with Gasteiger partial charge in [0, 0.05) is 12.8 Å². The van der Waals surface area contributed by atoms with Gasteiger partial charge in [-0.2, -0.15) is 0 Å². The zero-order valence-electron chi connectivity index (χ0n) is 41.1. The molecule has 1 unspecified atom stereocenters. The molecule has 0 aromatic rings. The smallest absolute Gasteiger partial charge is 0.462 e. The van der Waals surface area contributed by atoms with Crippen LogP contribution in [0.5, 0.6) is 0 Å². The zero-order chi connectivity index (χ0) is 46.2. The predicted molar refractivity (Wildman–Crippen MR) is 261 cm³/mol. The van der Waals surface area contributed by atoms with Gasteiger partial charge in [-0.15, -0.1) is 0 Å². The molecule has 0 radical (unpaired) electrons. The van der Waals surface area contributed by atoms with E-state index in [2.05, 4.69) is 26.0 Å². The molecule has 0 aliphatic carbocycles. The highest BCUT2D eigenvalue weighted by Gasteiger charge is 2.27. The lowest BCUT2D eigenvalue weighted by Crippen LogP contribution is -2.29. The number of hydrogen-bond donors (Lipinski definition) is 3. The van der Waals surface area contributed by atoms with E-state index in [0.717, 1.165) is 38.5 Å². The van der Waals surface area contributed by atoms with Crippen LogP contribution >= 0.6 is 7.82 Å². The van der Waals surface area contributed by atoms with Crippen molar-refractivity contribution in [2.75, 3.05) is 26.4 Å². The molecule has 374 valence electrons. The SMILES string of the molecule is CCCCCC/C=C/CCCCCCCCCCCC(=O)OC[C@H](COP(=O)(O)OC[C@@H](O)CO)OC(=O)CCCCCCCCCCCCCCCCCCCCCCCCC. The molecule has 0 bridgehead atoms. The van der Waals surface area contributed by atoms with Crippen molar-refractivity contribution in [3.63, 3.8) is 0 Å². The van der Waals surface area contributed by atoms with Crippen LogP contribution in [0.1, 0.15) is 271 Å². The minimum Gasteiger partial charge on any atom is -0.462 e. The van der Waals surface area contributed by atoms with Gasteiger partial charge >= 0.3 is 19.8 Å². The maximum Gasteiger partial charge on any atom is 0.472 e. The first-order chi connectivity index (χ1) is 30.7. The molecule has 0 aromatic carbocycles. The maximum atomic E-state index is 12.7. The number of aliphatic hydroxyl groups excluding tert-OH is 2. The van der Waals surface area contributed by atoms with Crippen LogP contribution in [0.25, 0.3) is 0 Å². The fraction of sp³-hybridized carbons (Fsp3) is 0.923. The minimum absolute atomic E-state index is 0.191. The number of phosphoric acid groups is 1. The van der Waals surface area contributed by atoms with Gasteiger partial charge in [0.05, 0.1) is 19.8 Å². The second-order valence-electron chi connectivity index (χ2n) is 18.3. The van der Waals surface area contributed by atoms with Crippen LogP contribution in [0.3, 0.4) is 0 Å². The first kappa shape index (κ1) is 61.7. The van der Waals surface area contributed by atoms with Gasteiger partial charge in [0.1, 0.15) is 12.7 Å². The topological polar surface area (TPSA) is 149 Å². The normalized spacial score (nSPS) is 13.7. The molecule has 0 aliphatic rings. The van der Waals surface area contributed by atoms with Crippen molar-refractivity contribution in [3.05, 3.63) is 12.2 Å². The Labute approximate surface area is 387 Å². The van der Waals surface area contributed by atoms with Crippen molar-refractivity contribution in [1.82, 2.24) is 0 Å². The quantitative estimate of drug-likeness (QED) is 0.0233. The fourth-order valence-corrected chi connectivity index (χ4v) is 8.60. The molecule has 0 aromatic heterocycles. The van der Waals surface area contributed by atoms with E-state index in [4.69, 9.17) is 23.6 Å². The number of ether oxygens (including phenoxy) is 2. The first-order valence-electron chi connectivity index (χ1n) is 26.6. The second-order valence-corrected chi connectivity index (χ2v) is 19.7. The van der Waals surface area contributed by atoms with Crippen LogP contribution in [0.4, 0.5) is 0 Å². The first-order valence-corrected chi connectivity index (χ1v) is 28.1. The Morgan fingerprint density at radius 1 is 0.460 bits per heavy atom. The summed E-state index contributed by atoms with van der Waals surface area (Å²) in [7, 11) is -4.62. The lowest BCUT2D eigenvalue weighted by molar-refractivity contribution is -0.161. The van der Waals surface area contributed by atoms with Crippen LogP contribution in [0, 0.1) is 0 Å². The standard InChI is InChI=1S/C52H101O10P/c1-3-5-7-9-11-13-15-17-19-21-22-23-24-25-26-28-30-32-34-36-38-40-42-44-52(56)62-50(48-61-63(57,58)60-46-49(54)45-53)47-59-51(55)43-41-39-37-35-33-31-29-27-20-18-16-14-12-10-8-6-4-2/h14,16,49-50,53-54H,3-13,15,17-48H2,1-2H3,(H,57,58)/b16-14+/t49-,50+/m0/s1. The third kappa shape index (κ3) is 48.5. The second kappa shape index (κ2) is 48.6. The molecule has 0 saturated carbocycles. The molecule has 3 N–H and O–H groups in total. The fourth-order valence-electron chi connectivity index (χ4n) is 7.82. The molecule has 0 fully saturated rings. The average molecular weight is 917 g/mol. The van der Waals surface area contributed by atoms with E-state index in [0.29, 0.717) is 12.8 Å². The Hall–Kier alpha value is -1.29. The van der Waals surface area contributed by atoms with E-state index >= 15 is 0 Å². The summed E-state index contributed by atoms with van der Waals surface area (Å²) in [5.41, 5.74) is 0. The van der Waals surface area contributed by atoms with E-state index in [-0.39, 0.29) is 19.4 Å². The number of aliphatic hydroxyl groups is 2. The minimum atomic E-state index is -4.62. The molecule has 3 atom stereocenters. The highest BCUT2D eigenvalue weighted by atomic mass is 31.2. The van der Waals surface area contributed by atoms with Crippen LogP contribution < -0.4 is 0 Å². The van der Waals surface area contributed by atoms with Crippen molar-refractivity contribution in [3.8, 4) is 0 Å². The van der Waals surface area contributed by atoms with Crippen LogP contribution in [-0.4, -0.2) is 65.7 Å². The summed E-state index contributed by atoms with van der Waals surface area (Å²) >= 11 is 0. The van der Waals surface area contributed by atoms with E-state index < -0.39 is 51.8 Å². The Bertz CT molecular complexity index is 1060. The average Bonchev–Trinajstić information content (AvgIpc) is 3.27. The Morgan fingerprint density at radius 2 is 0.778 bits per heavy atom. The number of allylic oxidation sites excluding steroid dienone is 2. The maximum absolute atomic E-state index is 12.7. The van der Waals surface area contributed by atoms with Crippen LogP contribution in [0.15, 0.2) is 12.2 Å². The number of esters is 2. The van der Waals surface area contributed by atoms with Gasteiger partial charge in [0.25, 0.3) is 0 Å².